The fourth-order valence-corrected chi connectivity index (χ4v) is 2.03. The van der Waals surface area contributed by atoms with Gasteiger partial charge < -0.3 is 16.4 Å². The molecule has 1 aromatic rings. The molecule has 0 aliphatic heterocycles. The minimum absolute atomic E-state index is 0.0798. The van der Waals surface area contributed by atoms with Crippen LogP contribution in [0.3, 0.4) is 0 Å². The first kappa shape index (κ1) is 13.9. The Balaban J connectivity index is 1.77. The Morgan fingerprint density at radius 2 is 1.95 bits per heavy atom. The number of carbonyl (C=O) groups excluding carboxylic acids is 2. The Kier molecular flexibility index (Phi) is 4.42. The fraction of sp³-hybridized carbons (Fsp3) is 0.385. The number of halogens is 1. The molecular weight excluding hydrogens is 310 g/mol. The van der Waals surface area contributed by atoms with E-state index in [1.165, 1.54) is 0 Å². The van der Waals surface area contributed by atoms with Gasteiger partial charge in [-0.2, -0.15) is 0 Å². The van der Waals surface area contributed by atoms with Crippen LogP contribution in [0.1, 0.15) is 23.2 Å². The zero-order chi connectivity index (χ0) is 13.8. The third kappa shape index (κ3) is 3.96. The van der Waals surface area contributed by atoms with Crippen molar-refractivity contribution in [1.29, 1.82) is 0 Å². The second kappa shape index (κ2) is 6.06. The number of carbonyl (C=O) groups is 2. The monoisotopic (exact) mass is 325 g/mol. The number of hydrogen-bond acceptors (Lipinski definition) is 3. The summed E-state index contributed by atoms with van der Waals surface area (Å²) >= 11 is 3.30. The summed E-state index contributed by atoms with van der Waals surface area (Å²) in [5.74, 6) is 0.0344. The summed E-state index contributed by atoms with van der Waals surface area (Å²) in [5.41, 5.74) is 6.61. The van der Waals surface area contributed by atoms with Crippen molar-refractivity contribution in [1.82, 2.24) is 10.6 Å². The van der Waals surface area contributed by atoms with E-state index in [1.807, 2.05) is 0 Å². The van der Waals surface area contributed by atoms with Crippen molar-refractivity contribution in [3.63, 3.8) is 0 Å². The van der Waals surface area contributed by atoms with Gasteiger partial charge in [0.1, 0.15) is 0 Å². The average molecular weight is 326 g/mol. The Morgan fingerprint density at radius 1 is 1.26 bits per heavy atom. The SMILES string of the molecule is Nc1ccc(Br)cc1C(=O)NCCNC(=O)C1CC1. The summed E-state index contributed by atoms with van der Waals surface area (Å²) in [4.78, 5) is 23.3. The fourth-order valence-electron chi connectivity index (χ4n) is 1.67. The molecule has 1 fully saturated rings. The van der Waals surface area contributed by atoms with Gasteiger partial charge in [0.2, 0.25) is 5.91 Å². The van der Waals surface area contributed by atoms with E-state index in [-0.39, 0.29) is 17.7 Å². The molecule has 0 unspecified atom stereocenters. The quantitative estimate of drug-likeness (QED) is 0.563. The summed E-state index contributed by atoms with van der Waals surface area (Å²) in [6.45, 7) is 0.832. The summed E-state index contributed by atoms with van der Waals surface area (Å²) in [5, 5.41) is 5.51. The van der Waals surface area contributed by atoms with Crippen molar-refractivity contribution < 1.29 is 9.59 Å². The zero-order valence-corrected chi connectivity index (χ0v) is 12.0. The molecule has 2 rings (SSSR count). The highest BCUT2D eigenvalue weighted by Gasteiger charge is 2.28. The van der Waals surface area contributed by atoms with E-state index in [0.29, 0.717) is 24.3 Å². The van der Waals surface area contributed by atoms with Crippen LogP contribution in [0.4, 0.5) is 5.69 Å². The van der Waals surface area contributed by atoms with Crippen LogP contribution in [0.2, 0.25) is 0 Å². The van der Waals surface area contributed by atoms with Crippen LogP contribution in [-0.2, 0) is 4.79 Å². The number of nitrogens with two attached hydrogens (primary N) is 1. The topological polar surface area (TPSA) is 84.2 Å². The molecule has 0 spiro atoms. The van der Waals surface area contributed by atoms with E-state index >= 15 is 0 Å². The molecule has 4 N–H and O–H groups in total. The molecule has 1 saturated carbocycles. The Labute approximate surface area is 120 Å². The van der Waals surface area contributed by atoms with Crippen LogP contribution in [-0.4, -0.2) is 24.9 Å². The number of amides is 2. The lowest BCUT2D eigenvalue weighted by Crippen LogP contribution is -2.35. The number of hydrogen-bond donors (Lipinski definition) is 3. The lowest BCUT2D eigenvalue weighted by atomic mass is 10.1. The molecule has 0 radical (unpaired) electrons. The van der Waals surface area contributed by atoms with Gasteiger partial charge in [0.05, 0.1) is 5.56 Å². The van der Waals surface area contributed by atoms with Gasteiger partial charge in [0, 0.05) is 29.2 Å². The zero-order valence-electron chi connectivity index (χ0n) is 10.4. The van der Waals surface area contributed by atoms with Crippen LogP contribution < -0.4 is 16.4 Å². The van der Waals surface area contributed by atoms with Crippen LogP contribution in [0, 0.1) is 5.92 Å². The van der Waals surface area contributed by atoms with E-state index in [0.717, 1.165) is 17.3 Å². The highest BCUT2D eigenvalue weighted by molar-refractivity contribution is 9.10. The molecular formula is C13H16BrN3O2. The molecule has 1 aromatic carbocycles. The van der Waals surface area contributed by atoms with E-state index in [1.54, 1.807) is 18.2 Å². The van der Waals surface area contributed by atoms with Crippen molar-refractivity contribution in [2.24, 2.45) is 5.92 Å². The molecule has 0 atom stereocenters. The minimum Gasteiger partial charge on any atom is -0.398 e. The summed E-state index contributed by atoms with van der Waals surface area (Å²) in [6, 6.07) is 5.13. The van der Waals surface area contributed by atoms with Crippen molar-refractivity contribution >= 4 is 33.4 Å². The van der Waals surface area contributed by atoms with Gasteiger partial charge in [-0.15, -0.1) is 0 Å². The van der Waals surface area contributed by atoms with Crippen LogP contribution in [0.15, 0.2) is 22.7 Å². The number of nitrogens with one attached hydrogen (secondary N) is 2. The second-order valence-electron chi connectivity index (χ2n) is 4.55. The number of rotatable bonds is 5. The molecule has 0 aromatic heterocycles. The molecule has 0 heterocycles. The van der Waals surface area contributed by atoms with Crippen molar-refractivity contribution in [3.05, 3.63) is 28.2 Å². The molecule has 1 aliphatic carbocycles. The largest absolute Gasteiger partial charge is 0.398 e. The maximum Gasteiger partial charge on any atom is 0.253 e. The molecule has 0 saturated heterocycles. The number of nitrogen functional groups attached to an aromatic ring is 1. The maximum atomic E-state index is 11.9. The number of anilines is 1. The van der Waals surface area contributed by atoms with Gasteiger partial charge in [0.25, 0.3) is 5.91 Å². The molecule has 1 aliphatic rings. The van der Waals surface area contributed by atoms with E-state index in [9.17, 15) is 9.59 Å². The van der Waals surface area contributed by atoms with Crippen molar-refractivity contribution in [3.8, 4) is 0 Å². The Hall–Kier alpha value is -1.56. The lowest BCUT2D eigenvalue weighted by Gasteiger charge is -2.08. The first-order valence-corrected chi connectivity index (χ1v) is 6.98. The minimum atomic E-state index is -0.237. The summed E-state index contributed by atoms with van der Waals surface area (Å²) < 4.78 is 0.800. The summed E-state index contributed by atoms with van der Waals surface area (Å²) in [7, 11) is 0. The Morgan fingerprint density at radius 3 is 2.63 bits per heavy atom. The van der Waals surface area contributed by atoms with Crippen LogP contribution >= 0.6 is 15.9 Å². The molecule has 5 nitrogen and oxygen atoms in total. The van der Waals surface area contributed by atoms with Crippen LogP contribution in [0.5, 0.6) is 0 Å². The van der Waals surface area contributed by atoms with Gasteiger partial charge in [-0.1, -0.05) is 15.9 Å². The van der Waals surface area contributed by atoms with E-state index in [4.69, 9.17) is 5.73 Å². The number of benzene rings is 1. The second-order valence-corrected chi connectivity index (χ2v) is 5.47. The normalized spacial score (nSPS) is 13.9. The molecule has 102 valence electrons. The highest BCUT2D eigenvalue weighted by atomic mass is 79.9. The molecule has 19 heavy (non-hydrogen) atoms. The summed E-state index contributed by atoms with van der Waals surface area (Å²) in [6.07, 6.45) is 1.96. The lowest BCUT2D eigenvalue weighted by molar-refractivity contribution is -0.122. The molecule has 6 heteroatoms. The smallest absolute Gasteiger partial charge is 0.253 e. The van der Waals surface area contributed by atoms with Crippen molar-refractivity contribution in [2.45, 2.75) is 12.8 Å². The molecule has 2 amide bonds. The van der Waals surface area contributed by atoms with Gasteiger partial charge in [0.15, 0.2) is 0 Å². The maximum absolute atomic E-state index is 11.9. The third-order valence-corrected chi connectivity index (χ3v) is 3.41. The predicted molar refractivity (Wildman–Crippen MR) is 76.6 cm³/mol. The third-order valence-electron chi connectivity index (χ3n) is 2.92. The average Bonchev–Trinajstić information content (AvgIpc) is 3.21. The highest BCUT2D eigenvalue weighted by Crippen LogP contribution is 2.28. The van der Waals surface area contributed by atoms with E-state index < -0.39 is 0 Å². The standard InChI is InChI=1S/C13H16BrN3O2/c14-9-3-4-11(15)10(7-9)13(19)17-6-5-16-12(18)8-1-2-8/h3-4,7-8H,1-2,5-6,15H2,(H,16,18)(H,17,19). The van der Waals surface area contributed by atoms with E-state index in [2.05, 4.69) is 26.6 Å². The van der Waals surface area contributed by atoms with Gasteiger partial charge in [-0.3, -0.25) is 9.59 Å². The first-order valence-electron chi connectivity index (χ1n) is 6.19. The molecule has 0 bridgehead atoms. The first-order chi connectivity index (χ1) is 9.08. The van der Waals surface area contributed by atoms with Gasteiger partial charge in [-0.05, 0) is 31.0 Å². The van der Waals surface area contributed by atoms with Crippen LogP contribution in [0.25, 0.3) is 0 Å². The van der Waals surface area contributed by atoms with Crippen molar-refractivity contribution in [2.75, 3.05) is 18.8 Å². The Bertz CT molecular complexity index is 501. The van der Waals surface area contributed by atoms with Gasteiger partial charge >= 0.3 is 0 Å². The van der Waals surface area contributed by atoms with Gasteiger partial charge in [-0.25, -0.2) is 0 Å². The predicted octanol–water partition coefficient (Wildman–Crippen LogP) is 1.29.